The maximum absolute atomic E-state index is 13.5. The van der Waals surface area contributed by atoms with Gasteiger partial charge in [-0.2, -0.15) is 27.7 Å². The summed E-state index contributed by atoms with van der Waals surface area (Å²) in [5.74, 6) is -1.96. The fourth-order valence-corrected chi connectivity index (χ4v) is 6.38. The minimum absolute atomic E-state index is 0.0259. The molecule has 0 N–H and O–H groups in total. The van der Waals surface area contributed by atoms with E-state index in [1.807, 2.05) is 19.1 Å². The predicted molar refractivity (Wildman–Crippen MR) is 137 cm³/mol. The van der Waals surface area contributed by atoms with Crippen LogP contribution in [0.15, 0.2) is 59.9 Å². The van der Waals surface area contributed by atoms with Gasteiger partial charge in [-0.15, -0.1) is 0 Å². The predicted octanol–water partition coefficient (Wildman–Crippen LogP) is 4.45. The second-order valence-corrected chi connectivity index (χ2v) is 11.8. The van der Waals surface area contributed by atoms with Gasteiger partial charge in [-0.25, -0.2) is 17.5 Å². The van der Waals surface area contributed by atoms with Crippen LogP contribution in [0, 0.1) is 18.7 Å². The van der Waals surface area contributed by atoms with E-state index < -0.39 is 28.2 Å². The van der Waals surface area contributed by atoms with Crippen LogP contribution in [0.2, 0.25) is 0 Å². The lowest BCUT2D eigenvalue weighted by molar-refractivity contribution is -0.176. The van der Waals surface area contributed by atoms with Crippen LogP contribution < -0.4 is 0 Å². The molecule has 0 radical (unpaired) electrons. The van der Waals surface area contributed by atoms with Crippen molar-refractivity contribution in [1.29, 1.82) is 0 Å². The van der Waals surface area contributed by atoms with Gasteiger partial charge in [-0.3, -0.25) is 9.58 Å². The summed E-state index contributed by atoms with van der Waals surface area (Å²) >= 11 is 0. The summed E-state index contributed by atoms with van der Waals surface area (Å²) in [6.45, 7) is 2.86. The van der Waals surface area contributed by atoms with Crippen molar-refractivity contribution in [3.63, 3.8) is 0 Å². The van der Waals surface area contributed by atoms with Crippen molar-refractivity contribution in [3.8, 4) is 5.69 Å². The number of hydrogen-bond donors (Lipinski definition) is 0. The Labute approximate surface area is 223 Å². The Morgan fingerprint density at radius 3 is 2.46 bits per heavy atom. The number of fused-ring (bicyclic) bond motifs is 1. The number of piperazine rings is 1. The molecule has 3 heterocycles. The van der Waals surface area contributed by atoms with Gasteiger partial charge >= 0.3 is 6.18 Å². The number of aryl methyl sites for hydroxylation is 2. The van der Waals surface area contributed by atoms with E-state index in [0.717, 1.165) is 29.0 Å². The number of halogens is 4. The fraction of sp³-hybridized carbons (Fsp3) is 0.385. The van der Waals surface area contributed by atoms with Crippen LogP contribution in [0.5, 0.6) is 0 Å². The largest absolute Gasteiger partial charge is 0.392 e. The SMILES string of the molecule is Cc1cc2c(cnn2-c2ccc(F)cc2)cc1[C@H]1CN(S(=O)(=O)c2ccn(C)n2)CCN1C[C@H](C)C(F)(F)F. The van der Waals surface area contributed by atoms with Crippen LogP contribution >= 0.6 is 0 Å². The molecule has 4 aromatic rings. The molecule has 1 fully saturated rings. The van der Waals surface area contributed by atoms with Crippen LogP contribution in [0.1, 0.15) is 24.1 Å². The van der Waals surface area contributed by atoms with E-state index in [9.17, 15) is 26.0 Å². The minimum Gasteiger partial charge on any atom is -0.293 e. The van der Waals surface area contributed by atoms with E-state index >= 15 is 0 Å². The first-order valence-corrected chi connectivity index (χ1v) is 13.8. The zero-order valence-corrected chi connectivity index (χ0v) is 22.4. The smallest absolute Gasteiger partial charge is 0.293 e. The van der Waals surface area contributed by atoms with Crippen molar-refractivity contribution in [1.82, 2.24) is 28.8 Å². The van der Waals surface area contributed by atoms with Crippen molar-refractivity contribution in [2.45, 2.75) is 31.1 Å². The van der Waals surface area contributed by atoms with Crippen LogP contribution in [0.3, 0.4) is 0 Å². The third kappa shape index (κ3) is 5.30. The normalized spacial score (nSPS) is 18.6. The summed E-state index contributed by atoms with van der Waals surface area (Å²) < 4.78 is 85.1. The monoisotopic (exact) mass is 564 g/mol. The lowest BCUT2D eigenvalue weighted by Gasteiger charge is -2.42. The summed E-state index contributed by atoms with van der Waals surface area (Å²) in [4.78, 5) is 1.71. The third-order valence-corrected chi connectivity index (χ3v) is 8.96. The van der Waals surface area contributed by atoms with Gasteiger partial charge in [0.25, 0.3) is 10.0 Å². The van der Waals surface area contributed by atoms with Crippen LogP contribution in [0.4, 0.5) is 17.6 Å². The Hall–Kier alpha value is -3.29. The van der Waals surface area contributed by atoms with Crippen LogP contribution in [-0.4, -0.2) is 69.5 Å². The summed E-state index contributed by atoms with van der Waals surface area (Å²) in [6.07, 6.45) is -1.21. The highest BCUT2D eigenvalue weighted by atomic mass is 32.2. The average Bonchev–Trinajstić information content (AvgIpc) is 3.50. The molecule has 0 spiro atoms. The number of alkyl halides is 3. The molecule has 0 unspecified atom stereocenters. The first kappa shape index (κ1) is 27.3. The van der Waals surface area contributed by atoms with Gasteiger partial charge in [0, 0.05) is 50.9 Å². The number of rotatable bonds is 6. The van der Waals surface area contributed by atoms with Crippen molar-refractivity contribution in [3.05, 3.63) is 71.8 Å². The average molecular weight is 565 g/mol. The van der Waals surface area contributed by atoms with Crippen molar-refractivity contribution >= 4 is 20.9 Å². The topological polar surface area (TPSA) is 76.3 Å². The molecule has 1 saturated heterocycles. The van der Waals surface area contributed by atoms with Gasteiger partial charge in [0.1, 0.15) is 5.82 Å². The van der Waals surface area contributed by atoms with Crippen LogP contribution in [0.25, 0.3) is 16.6 Å². The Morgan fingerprint density at radius 1 is 1.10 bits per heavy atom. The molecule has 0 aliphatic carbocycles. The molecule has 2 aromatic carbocycles. The zero-order chi connectivity index (χ0) is 28.1. The van der Waals surface area contributed by atoms with Gasteiger partial charge in [0.2, 0.25) is 0 Å². The Kier molecular flexibility index (Phi) is 7.02. The van der Waals surface area contributed by atoms with Crippen LogP contribution in [-0.2, 0) is 17.1 Å². The fourth-order valence-electron chi connectivity index (χ4n) is 4.99. The highest BCUT2D eigenvalue weighted by Gasteiger charge is 2.42. The Balaban J connectivity index is 1.54. The molecule has 2 aromatic heterocycles. The maximum atomic E-state index is 13.5. The van der Waals surface area contributed by atoms with Gasteiger partial charge in [0.05, 0.1) is 23.3 Å². The molecule has 1 aliphatic heterocycles. The second kappa shape index (κ2) is 10.0. The summed E-state index contributed by atoms with van der Waals surface area (Å²) in [5.41, 5.74) is 2.89. The lowest BCUT2D eigenvalue weighted by atomic mass is 9.95. The molecule has 0 amide bonds. The maximum Gasteiger partial charge on any atom is 0.392 e. The van der Waals surface area contributed by atoms with E-state index in [0.29, 0.717) is 5.69 Å². The van der Waals surface area contributed by atoms with Crippen molar-refractivity contribution in [2.24, 2.45) is 13.0 Å². The van der Waals surface area contributed by atoms with Gasteiger partial charge < -0.3 is 0 Å². The minimum atomic E-state index is -4.38. The molecule has 0 bridgehead atoms. The molecular formula is C26H28F4N6O2S. The standard InChI is InChI=1S/C26H28F4N6O2S/c1-17-12-23-19(14-31-36(23)21-6-4-20(27)5-7-21)13-22(17)24-16-35(39(37,38)25-8-9-33(3)32-25)11-10-34(24)15-18(2)26(28,29)30/h4-9,12-14,18,24H,10-11,15-16H2,1-3H3/t18-,24+/m0/s1. The number of nitrogens with zero attached hydrogens (tertiary/aromatic N) is 6. The van der Waals surface area contributed by atoms with E-state index in [4.69, 9.17) is 0 Å². The Morgan fingerprint density at radius 2 is 1.82 bits per heavy atom. The Bertz CT molecular complexity index is 1600. The first-order valence-electron chi connectivity index (χ1n) is 12.4. The van der Waals surface area contributed by atoms with E-state index in [-0.39, 0.29) is 37.0 Å². The van der Waals surface area contributed by atoms with Gasteiger partial charge in [-0.1, -0.05) is 6.92 Å². The van der Waals surface area contributed by atoms with E-state index in [2.05, 4.69) is 10.2 Å². The third-order valence-electron chi connectivity index (χ3n) is 7.20. The quantitative estimate of drug-likeness (QED) is 0.324. The molecule has 5 rings (SSSR count). The number of hydrogen-bond acceptors (Lipinski definition) is 5. The molecule has 208 valence electrons. The molecular weight excluding hydrogens is 536 g/mol. The summed E-state index contributed by atoms with van der Waals surface area (Å²) in [7, 11) is -2.33. The lowest BCUT2D eigenvalue weighted by Crippen LogP contribution is -2.52. The van der Waals surface area contributed by atoms with Crippen molar-refractivity contribution < 1.29 is 26.0 Å². The second-order valence-electron chi connectivity index (χ2n) is 9.94. The highest BCUT2D eigenvalue weighted by Crippen LogP contribution is 2.36. The molecule has 39 heavy (non-hydrogen) atoms. The first-order chi connectivity index (χ1) is 18.3. The number of sulfonamides is 1. The molecule has 13 heteroatoms. The van der Waals surface area contributed by atoms with Crippen molar-refractivity contribution in [2.75, 3.05) is 26.2 Å². The number of benzene rings is 2. The molecule has 0 saturated carbocycles. The van der Waals surface area contributed by atoms with Gasteiger partial charge in [-0.05, 0) is 60.5 Å². The number of aromatic nitrogens is 4. The zero-order valence-electron chi connectivity index (χ0n) is 21.6. The van der Waals surface area contributed by atoms with E-state index in [1.165, 1.54) is 33.4 Å². The summed E-state index contributed by atoms with van der Waals surface area (Å²) in [5, 5.41) is 9.10. The van der Waals surface area contributed by atoms with E-state index in [1.54, 1.807) is 35.0 Å². The summed E-state index contributed by atoms with van der Waals surface area (Å²) in [6, 6.07) is 10.4. The highest BCUT2D eigenvalue weighted by molar-refractivity contribution is 7.89. The molecule has 1 aliphatic rings. The van der Waals surface area contributed by atoms with Gasteiger partial charge in [0.15, 0.2) is 5.03 Å². The molecule has 8 nitrogen and oxygen atoms in total. The molecule has 2 atom stereocenters.